The summed E-state index contributed by atoms with van der Waals surface area (Å²) in [4.78, 5) is 22.2. The van der Waals surface area contributed by atoms with E-state index in [0.29, 0.717) is 22.6 Å². The molecule has 5 rings (SSSR count). The molecule has 1 aliphatic rings. The Hall–Kier alpha value is -3.88. The van der Waals surface area contributed by atoms with Crippen LogP contribution in [0.2, 0.25) is 0 Å². The van der Waals surface area contributed by atoms with E-state index in [9.17, 15) is 4.79 Å². The molecule has 1 aliphatic carbocycles. The van der Waals surface area contributed by atoms with Gasteiger partial charge in [-0.3, -0.25) is 9.48 Å². The number of pyridine rings is 1. The summed E-state index contributed by atoms with van der Waals surface area (Å²) >= 11 is 0. The average Bonchev–Trinajstić information content (AvgIpc) is 3.50. The van der Waals surface area contributed by atoms with Crippen molar-refractivity contribution in [3.63, 3.8) is 0 Å². The van der Waals surface area contributed by atoms with Gasteiger partial charge in [-0.05, 0) is 43.7 Å². The van der Waals surface area contributed by atoms with Gasteiger partial charge in [-0.15, -0.1) is 0 Å². The summed E-state index contributed by atoms with van der Waals surface area (Å²) in [6, 6.07) is 7.99. The maximum absolute atomic E-state index is 13.8. The second-order valence-corrected chi connectivity index (χ2v) is 8.44. The minimum absolute atomic E-state index is 0.0134. The van der Waals surface area contributed by atoms with Gasteiger partial charge in [-0.2, -0.15) is 10.1 Å². The van der Waals surface area contributed by atoms with E-state index in [0.717, 1.165) is 35.0 Å². The van der Waals surface area contributed by atoms with E-state index < -0.39 is 0 Å². The second-order valence-electron chi connectivity index (χ2n) is 8.44. The molecule has 1 atom stereocenters. The molecule has 3 heterocycles. The highest BCUT2D eigenvalue weighted by atomic mass is 16.1. The Morgan fingerprint density at radius 1 is 1.22 bits per heavy atom. The van der Waals surface area contributed by atoms with Crippen molar-refractivity contribution < 1.29 is 0 Å². The molecule has 9 nitrogen and oxygen atoms in total. The third-order valence-electron chi connectivity index (χ3n) is 5.99. The highest BCUT2D eigenvalue weighted by Crippen LogP contribution is 2.38. The Bertz CT molecular complexity index is 1400. The van der Waals surface area contributed by atoms with Crippen molar-refractivity contribution >= 4 is 28.2 Å². The normalized spacial score (nSPS) is 14.6. The third kappa shape index (κ3) is 3.35. The number of anilines is 3. The number of hydrogen-bond acceptors (Lipinski definition) is 7. The molecule has 0 spiro atoms. The Balaban J connectivity index is 1.66. The van der Waals surface area contributed by atoms with Gasteiger partial charge in [0.15, 0.2) is 5.82 Å². The molecule has 1 unspecified atom stereocenters. The first kappa shape index (κ1) is 20.0. The lowest BCUT2D eigenvalue weighted by atomic mass is 10.00. The van der Waals surface area contributed by atoms with Crippen LogP contribution in [0.1, 0.15) is 43.2 Å². The van der Waals surface area contributed by atoms with Crippen molar-refractivity contribution in [2.24, 2.45) is 7.05 Å². The molecule has 9 heteroatoms. The number of aromatic nitrogens is 5. The van der Waals surface area contributed by atoms with Gasteiger partial charge in [-0.1, -0.05) is 18.2 Å². The topological polar surface area (TPSA) is 130 Å². The standard InChI is InChI=1S/C23H26N8O/c1-12(27-21-20(24)13(2)28-23(25)29-21)18-9-14-5-4-6-17(15-10-26-30(3)11-15)19(14)22(32)31(18)16-7-8-16/h4-6,9-12,16H,7-8,24H2,1-3H3,(H3,25,27,28,29). The van der Waals surface area contributed by atoms with Crippen LogP contribution in [0, 0.1) is 6.92 Å². The molecule has 0 radical (unpaired) electrons. The lowest BCUT2D eigenvalue weighted by Gasteiger charge is -2.22. The molecular weight excluding hydrogens is 404 g/mol. The summed E-state index contributed by atoms with van der Waals surface area (Å²) in [5.41, 5.74) is 15.8. The van der Waals surface area contributed by atoms with Crippen LogP contribution in [0.5, 0.6) is 0 Å². The van der Waals surface area contributed by atoms with Gasteiger partial charge < -0.3 is 21.4 Å². The summed E-state index contributed by atoms with van der Waals surface area (Å²) in [6.07, 6.45) is 5.70. The number of fused-ring (bicyclic) bond motifs is 1. The van der Waals surface area contributed by atoms with Crippen molar-refractivity contribution in [2.45, 2.75) is 38.8 Å². The molecule has 5 N–H and O–H groups in total. The number of benzene rings is 1. The Morgan fingerprint density at radius 3 is 2.69 bits per heavy atom. The van der Waals surface area contributed by atoms with Crippen molar-refractivity contribution in [3.05, 3.63) is 58.4 Å². The van der Waals surface area contributed by atoms with Crippen LogP contribution in [0.25, 0.3) is 21.9 Å². The first-order chi connectivity index (χ1) is 15.3. The largest absolute Gasteiger partial charge is 0.394 e. The minimum atomic E-state index is -0.217. The van der Waals surface area contributed by atoms with Gasteiger partial charge in [-0.25, -0.2) is 4.98 Å². The van der Waals surface area contributed by atoms with E-state index in [-0.39, 0.29) is 23.6 Å². The van der Waals surface area contributed by atoms with Gasteiger partial charge in [0.2, 0.25) is 5.95 Å². The van der Waals surface area contributed by atoms with Crippen LogP contribution in [0.15, 0.2) is 41.5 Å². The number of aryl methyl sites for hydroxylation is 2. The minimum Gasteiger partial charge on any atom is -0.394 e. The molecular formula is C23H26N8O. The van der Waals surface area contributed by atoms with Crippen LogP contribution in [0.4, 0.5) is 17.5 Å². The fourth-order valence-electron chi connectivity index (χ4n) is 4.23. The van der Waals surface area contributed by atoms with Gasteiger partial charge in [0, 0.05) is 30.5 Å². The second kappa shape index (κ2) is 7.37. The van der Waals surface area contributed by atoms with Crippen molar-refractivity contribution in [1.29, 1.82) is 0 Å². The zero-order valence-corrected chi connectivity index (χ0v) is 18.3. The summed E-state index contributed by atoms with van der Waals surface area (Å²) in [7, 11) is 1.87. The lowest BCUT2D eigenvalue weighted by Crippen LogP contribution is -2.27. The number of rotatable bonds is 5. The molecule has 4 aromatic rings. The van der Waals surface area contributed by atoms with Crippen LogP contribution < -0.4 is 22.3 Å². The Kier molecular flexibility index (Phi) is 4.61. The maximum Gasteiger partial charge on any atom is 0.259 e. The molecule has 1 fully saturated rings. The van der Waals surface area contributed by atoms with E-state index in [1.807, 2.05) is 42.9 Å². The van der Waals surface area contributed by atoms with Gasteiger partial charge in [0.05, 0.1) is 29.0 Å². The number of nitrogens with zero attached hydrogens (tertiary/aromatic N) is 5. The van der Waals surface area contributed by atoms with Crippen LogP contribution in [-0.2, 0) is 7.05 Å². The molecule has 0 bridgehead atoms. The SMILES string of the molecule is Cc1nc(N)nc(NC(C)c2cc3cccc(-c4cnn(C)c4)c3c(=O)n2C2CC2)c1N. The van der Waals surface area contributed by atoms with E-state index >= 15 is 0 Å². The van der Waals surface area contributed by atoms with Crippen LogP contribution >= 0.6 is 0 Å². The molecule has 3 aromatic heterocycles. The first-order valence-corrected chi connectivity index (χ1v) is 10.7. The van der Waals surface area contributed by atoms with E-state index in [2.05, 4.69) is 26.4 Å². The summed E-state index contributed by atoms with van der Waals surface area (Å²) in [5, 5.41) is 9.23. The highest BCUT2D eigenvalue weighted by molar-refractivity contribution is 5.96. The quantitative estimate of drug-likeness (QED) is 0.443. The number of nitrogens with two attached hydrogens (primary N) is 2. The molecule has 32 heavy (non-hydrogen) atoms. The maximum atomic E-state index is 13.8. The smallest absolute Gasteiger partial charge is 0.259 e. The molecule has 164 valence electrons. The molecule has 1 saturated carbocycles. The summed E-state index contributed by atoms with van der Waals surface area (Å²) in [6.45, 7) is 3.79. The number of nitrogens with one attached hydrogen (secondary N) is 1. The third-order valence-corrected chi connectivity index (χ3v) is 5.99. The highest BCUT2D eigenvalue weighted by Gasteiger charge is 2.30. The van der Waals surface area contributed by atoms with Gasteiger partial charge >= 0.3 is 0 Å². The number of hydrogen-bond donors (Lipinski definition) is 3. The van der Waals surface area contributed by atoms with E-state index in [1.165, 1.54) is 0 Å². The number of nitrogen functional groups attached to an aromatic ring is 2. The Morgan fingerprint density at radius 2 is 2.00 bits per heavy atom. The predicted octanol–water partition coefficient (Wildman–Crippen LogP) is 3.17. The molecule has 0 aliphatic heterocycles. The van der Waals surface area contributed by atoms with E-state index in [1.54, 1.807) is 17.8 Å². The molecule has 1 aromatic carbocycles. The van der Waals surface area contributed by atoms with Crippen molar-refractivity contribution in [1.82, 2.24) is 24.3 Å². The van der Waals surface area contributed by atoms with Crippen LogP contribution in [0.3, 0.4) is 0 Å². The fourth-order valence-corrected chi connectivity index (χ4v) is 4.23. The Labute approximate surface area is 185 Å². The molecule has 0 amide bonds. The van der Waals surface area contributed by atoms with Crippen molar-refractivity contribution in [2.75, 3.05) is 16.8 Å². The molecule has 0 saturated heterocycles. The summed E-state index contributed by atoms with van der Waals surface area (Å²) in [5.74, 6) is 0.632. The average molecular weight is 431 g/mol. The zero-order valence-electron chi connectivity index (χ0n) is 18.3. The first-order valence-electron chi connectivity index (χ1n) is 10.7. The van der Waals surface area contributed by atoms with Gasteiger partial charge in [0.1, 0.15) is 0 Å². The monoisotopic (exact) mass is 430 g/mol. The van der Waals surface area contributed by atoms with Gasteiger partial charge in [0.25, 0.3) is 5.56 Å². The lowest BCUT2D eigenvalue weighted by molar-refractivity contribution is 0.636. The van der Waals surface area contributed by atoms with Crippen LogP contribution in [-0.4, -0.2) is 24.3 Å². The van der Waals surface area contributed by atoms with E-state index in [4.69, 9.17) is 11.5 Å². The fraction of sp³-hybridized carbons (Fsp3) is 0.304. The van der Waals surface area contributed by atoms with Crippen molar-refractivity contribution in [3.8, 4) is 11.1 Å². The zero-order chi connectivity index (χ0) is 22.6. The summed E-state index contributed by atoms with van der Waals surface area (Å²) < 4.78 is 3.67. The predicted molar refractivity (Wildman–Crippen MR) is 126 cm³/mol.